The summed E-state index contributed by atoms with van der Waals surface area (Å²) in [6.07, 6.45) is 9.43. The largest absolute Gasteiger partial charge is 0.345 e. The van der Waals surface area contributed by atoms with E-state index in [2.05, 4.69) is 15.3 Å². The molecule has 1 amide bonds. The van der Waals surface area contributed by atoms with Gasteiger partial charge in [0.05, 0.1) is 28.2 Å². The number of hydrogen-bond donors (Lipinski definition) is 1. The highest BCUT2D eigenvalue weighted by Gasteiger charge is 2.19. The molecule has 7 nitrogen and oxygen atoms in total. The molecule has 0 fully saturated rings. The number of amides is 1. The quantitative estimate of drug-likeness (QED) is 0.480. The number of aromatic nitrogens is 3. The number of sulfone groups is 1. The first-order valence-electron chi connectivity index (χ1n) is 9.95. The summed E-state index contributed by atoms with van der Waals surface area (Å²) in [5, 5.41) is 3.65. The van der Waals surface area contributed by atoms with Crippen LogP contribution in [0.15, 0.2) is 72.3 Å². The van der Waals surface area contributed by atoms with Crippen molar-refractivity contribution < 1.29 is 17.6 Å². The van der Waals surface area contributed by atoms with E-state index in [4.69, 9.17) is 0 Å². The molecule has 4 aromatic rings. The van der Waals surface area contributed by atoms with Crippen molar-refractivity contribution in [1.82, 2.24) is 19.9 Å². The number of benzene rings is 1. The molecule has 0 saturated heterocycles. The van der Waals surface area contributed by atoms with E-state index in [-0.39, 0.29) is 16.6 Å². The fraction of sp³-hybridized carbons (Fsp3) is 0.174. The van der Waals surface area contributed by atoms with Crippen molar-refractivity contribution in [2.24, 2.45) is 0 Å². The van der Waals surface area contributed by atoms with Crippen LogP contribution in [0.25, 0.3) is 16.6 Å². The number of rotatable bonds is 6. The lowest BCUT2D eigenvalue weighted by molar-refractivity contribution is 0.0937. The Bertz CT molecular complexity index is 1400. The lowest BCUT2D eigenvalue weighted by atomic mass is 10.1. The Balaban J connectivity index is 1.66. The molecule has 4 rings (SSSR count). The van der Waals surface area contributed by atoms with Gasteiger partial charge in [-0.15, -0.1) is 0 Å². The molecule has 0 spiro atoms. The minimum Gasteiger partial charge on any atom is -0.345 e. The fourth-order valence-corrected chi connectivity index (χ4v) is 4.15. The average molecular weight is 453 g/mol. The van der Waals surface area contributed by atoms with Crippen LogP contribution < -0.4 is 5.32 Å². The van der Waals surface area contributed by atoms with E-state index in [0.717, 1.165) is 11.9 Å². The molecule has 1 atom stereocenters. The molecule has 3 heterocycles. The SMILES string of the molecule is CC[C@H](NC(=O)c1cncc2c1ccn2-c1ccc(F)cc1)c1cncc(S(C)(=O)=O)c1. The van der Waals surface area contributed by atoms with E-state index in [1.54, 1.807) is 30.7 Å². The second-order valence-electron chi connectivity index (χ2n) is 7.44. The zero-order valence-corrected chi connectivity index (χ0v) is 18.3. The second-order valence-corrected chi connectivity index (χ2v) is 9.46. The van der Waals surface area contributed by atoms with Gasteiger partial charge in [-0.05, 0) is 48.4 Å². The Hall–Kier alpha value is -3.59. The molecule has 0 bridgehead atoms. The van der Waals surface area contributed by atoms with Crippen LogP contribution in [-0.4, -0.2) is 35.1 Å². The first-order valence-corrected chi connectivity index (χ1v) is 11.8. The molecule has 164 valence electrons. The number of hydrogen-bond acceptors (Lipinski definition) is 5. The maximum atomic E-state index is 13.3. The maximum Gasteiger partial charge on any atom is 0.254 e. The normalized spacial score (nSPS) is 12.6. The van der Waals surface area contributed by atoms with Crippen LogP contribution in [0.4, 0.5) is 4.39 Å². The Morgan fingerprint density at radius 3 is 2.50 bits per heavy atom. The van der Waals surface area contributed by atoms with E-state index in [1.807, 2.05) is 17.6 Å². The van der Waals surface area contributed by atoms with E-state index in [0.29, 0.717) is 28.5 Å². The molecule has 0 aliphatic heterocycles. The van der Waals surface area contributed by atoms with Gasteiger partial charge in [-0.25, -0.2) is 12.8 Å². The molecule has 0 aliphatic rings. The van der Waals surface area contributed by atoms with Crippen molar-refractivity contribution >= 4 is 26.6 Å². The Morgan fingerprint density at radius 2 is 1.81 bits per heavy atom. The van der Waals surface area contributed by atoms with Crippen LogP contribution in [0, 0.1) is 5.82 Å². The van der Waals surface area contributed by atoms with Gasteiger partial charge in [0.1, 0.15) is 5.82 Å². The van der Waals surface area contributed by atoms with E-state index in [1.165, 1.54) is 30.6 Å². The number of carbonyl (C=O) groups is 1. The van der Waals surface area contributed by atoms with Crippen molar-refractivity contribution in [3.8, 4) is 5.69 Å². The smallest absolute Gasteiger partial charge is 0.254 e. The van der Waals surface area contributed by atoms with Gasteiger partial charge in [0.25, 0.3) is 5.91 Å². The number of nitrogens with zero attached hydrogens (tertiary/aromatic N) is 3. The lowest BCUT2D eigenvalue weighted by Crippen LogP contribution is -2.28. The number of fused-ring (bicyclic) bond motifs is 1. The third-order valence-corrected chi connectivity index (χ3v) is 6.32. The molecule has 1 N–H and O–H groups in total. The molecular formula is C23H21FN4O3S. The Morgan fingerprint density at radius 1 is 1.09 bits per heavy atom. The van der Waals surface area contributed by atoms with E-state index in [9.17, 15) is 17.6 Å². The first kappa shape index (κ1) is 21.6. The predicted octanol–water partition coefficient (Wildman–Crippen LogP) is 3.84. The summed E-state index contributed by atoms with van der Waals surface area (Å²) in [7, 11) is -3.41. The fourth-order valence-electron chi connectivity index (χ4n) is 3.55. The minimum absolute atomic E-state index is 0.0999. The summed E-state index contributed by atoms with van der Waals surface area (Å²) in [6.45, 7) is 1.89. The van der Waals surface area contributed by atoms with Crippen molar-refractivity contribution in [1.29, 1.82) is 0 Å². The van der Waals surface area contributed by atoms with Gasteiger partial charge in [-0.3, -0.25) is 14.8 Å². The van der Waals surface area contributed by atoms with Gasteiger partial charge in [0.2, 0.25) is 0 Å². The maximum absolute atomic E-state index is 13.3. The van der Waals surface area contributed by atoms with Gasteiger partial charge in [0.15, 0.2) is 9.84 Å². The summed E-state index contributed by atoms with van der Waals surface area (Å²) >= 11 is 0. The third kappa shape index (κ3) is 4.24. The molecule has 0 unspecified atom stereocenters. The van der Waals surface area contributed by atoms with Crippen molar-refractivity contribution in [2.75, 3.05) is 6.26 Å². The third-order valence-electron chi connectivity index (χ3n) is 5.24. The van der Waals surface area contributed by atoms with Crippen molar-refractivity contribution in [3.05, 3.63) is 84.3 Å². The van der Waals surface area contributed by atoms with Crippen LogP contribution in [-0.2, 0) is 9.84 Å². The molecule has 0 saturated carbocycles. The molecule has 1 aromatic carbocycles. The van der Waals surface area contributed by atoms with Crippen molar-refractivity contribution in [2.45, 2.75) is 24.3 Å². The number of pyridine rings is 2. The van der Waals surface area contributed by atoms with Crippen LogP contribution in [0.5, 0.6) is 0 Å². The molecular weight excluding hydrogens is 431 g/mol. The highest BCUT2D eigenvalue weighted by Crippen LogP contribution is 2.25. The molecule has 0 aliphatic carbocycles. The van der Waals surface area contributed by atoms with E-state index >= 15 is 0 Å². The summed E-state index contributed by atoms with van der Waals surface area (Å²) < 4.78 is 38.8. The standard InChI is InChI=1S/C23H21FN4O3S/c1-3-21(15-10-18(12-25-11-15)32(2,30)31)27-23(29)20-13-26-14-22-19(20)8-9-28(22)17-6-4-16(24)5-7-17/h4-14,21H,3H2,1-2H3,(H,27,29)/t21-/m0/s1. The molecule has 9 heteroatoms. The zero-order valence-electron chi connectivity index (χ0n) is 17.5. The molecule has 3 aromatic heterocycles. The van der Waals surface area contributed by atoms with Crippen LogP contribution in [0.2, 0.25) is 0 Å². The summed E-state index contributed by atoms with van der Waals surface area (Å²) in [4.78, 5) is 21.5. The molecule has 32 heavy (non-hydrogen) atoms. The lowest BCUT2D eigenvalue weighted by Gasteiger charge is -2.18. The summed E-state index contributed by atoms with van der Waals surface area (Å²) in [5.41, 5.74) is 2.44. The number of halogens is 1. The van der Waals surface area contributed by atoms with Crippen LogP contribution in [0.3, 0.4) is 0 Å². The Kier molecular flexibility index (Phi) is 5.75. The number of carbonyl (C=O) groups excluding carboxylic acids is 1. The highest BCUT2D eigenvalue weighted by atomic mass is 32.2. The molecule has 0 radical (unpaired) electrons. The monoisotopic (exact) mass is 452 g/mol. The van der Waals surface area contributed by atoms with Gasteiger partial charge in [-0.1, -0.05) is 6.92 Å². The van der Waals surface area contributed by atoms with Gasteiger partial charge in [-0.2, -0.15) is 0 Å². The topological polar surface area (TPSA) is 93.9 Å². The first-order chi connectivity index (χ1) is 15.3. The van der Waals surface area contributed by atoms with Gasteiger partial charge in [0, 0.05) is 42.1 Å². The Labute approximate surface area is 184 Å². The number of nitrogens with one attached hydrogen (secondary N) is 1. The van der Waals surface area contributed by atoms with Crippen LogP contribution >= 0.6 is 0 Å². The summed E-state index contributed by atoms with van der Waals surface area (Å²) in [6, 6.07) is 8.95. The van der Waals surface area contributed by atoms with Crippen molar-refractivity contribution in [3.63, 3.8) is 0 Å². The highest BCUT2D eigenvalue weighted by molar-refractivity contribution is 7.90. The van der Waals surface area contributed by atoms with Gasteiger partial charge >= 0.3 is 0 Å². The summed E-state index contributed by atoms with van der Waals surface area (Å²) in [5.74, 6) is -0.667. The van der Waals surface area contributed by atoms with E-state index < -0.39 is 15.9 Å². The van der Waals surface area contributed by atoms with Crippen LogP contribution in [0.1, 0.15) is 35.3 Å². The van der Waals surface area contributed by atoms with Gasteiger partial charge < -0.3 is 9.88 Å². The predicted molar refractivity (Wildman–Crippen MR) is 119 cm³/mol. The second kappa shape index (κ2) is 8.51. The zero-order chi connectivity index (χ0) is 22.9. The minimum atomic E-state index is -3.41. The average Bonchev–Trinajstić information content (AvgIpc) is 3.21.